The van der Waals surface area contributed by atoms with Crippen molar-refractivity contribution in [1.29, 1.82) is 0 Å². The van der Waals surface area contributed by atoms with E-state index in [1.807, 2.05) is 26.0 Å². The number of fused-ring (bicyclic) bond motifs is 1. The monoisotopic (exact) mass is 248 g/mol. The molecule has 0 amide bonds. The average Bonchev–Trinajstić information content (AvgIpc) is 2.65. The van der Waals surface area contributed by atoms with Crippen LogP contribution in [0.15, 0.2) is 24.3 Å². The second-order valence-electron chi connectivity index (χ2n) is 4.75. The molecule has 18 heavy (non-hydrogen) atoms. The molecule has 1 aromatic rings. The van der Waals surface area contributed by atoms with E-state index >= 15 is 0 Å². The Morgan fingerprint density at radius 3 is 2.83 bits per heavy atom. The van der Waals surface area contributed by atoms with Crippen LogP contribution >= 0.6 is 0 Å². The Kier molecular flexibility index (Phi) is 3.92. The maximum atomic E-state index is 10.1. The highest BCUT2D eigenvalue weighted by Crippen LogP contribution is 2.44. The minimum Gasteiger partial charge on any atom is -0.508 e. The van der Waals surface area contributed by atoms with Crippen molar-refractivity contribution < 1.29 is 14.9 Å². The number of aliphatic hydroxyl groups excluding tert-OH is 1. The third-order valence-corrected chi connectivity index (χ3v) is 3.46. The fourth-order valence-corrected chi connectivity index (χ4v) is 2.46. The molecule has 0 bridgehead atoms. The Hall–Kier alpha value is -1.48. The van der Waals surface area contributed by atoms with Crippen molar-refractivity contribution in [1.82, 2.24) is 0 Å². The fourth-order valence-electron chi connectivity index (χ4n) is 2.46. The van der Waals surface area contributed by atoms with E-state index in [1.54, 1.807) is 6.07 Å². The van der Waals surface area contributed by atoms with Crippen molar-refractivity contribution in [2.45, 2.75) is 38.7 Å². The van der Waals surface area contributed by atoms with Crippen molar-refractivity contribution in [3.05, 3.63) is 35.4 Å². The molecule has 0 aliphatic carbocycles. The number of phenols is 1. The molecule has 2 unspecified atom stereocenters. The summed E-state index contributed by atoms with van der Waals surface area (Å²) in [7, 11) is 0. The third-order valence-electron chi connectivity index (χ3n) is 3.46. The van der Waals surface area contributed by atoms with Crippen LogP contribution in [0.5, 0.6) is 11.5 Å². The van der Waals surface area contributed by atoms with Gasteiger partial charge >= 0.3 is 0 Å². The second-order valence-corrected chi connectivity index (χ2v) is 4.75. The summed E-state index contributed by atoms with van der Waals surface area (Å²) in [5, 5.41) is 19.4. The first kappa shape index (κ1) is 13.0. The van der Waals surface area contributed by atoms with Gasteiger partial charge in [-0.1, -0.05) is 12.2 Å². The van der Waals surface area contributed by atoms with E-state index in [2.05, 4.69) is 6.08 Å². The minimum absolute atomic E-state index is 0.000351. The van der Waals surface area contributed by atoms with Crippen LogP contribution in [0.25, 0.3) is 0 Å². The molecule has 0 spiro atoms. The van der Waals surface area contributed by atoms with Crippen molar-refractivity contribution in [3.63, 3.8) is 0 Å². The molecule has 0 saturated carbocycles. The number of benzene rings is 1. The number of aliphatic hydroxyl groups is 1. The molecule has 1 aliphatic rings. The number of hydrogen-bond donors (Lipinski definition) is 2. The zero-order valence-electron chi connectivity index (χ0n) is 10.9. The summed E-state index contributed by atoms with van der Waals surface area (Å²) in [6.07, 6.45) is 5.87. The van der Waals surface area contributed by atoms with Gasteiger partial charge in [0.2, 0.25) is 0 Å². The molecular formula is C15H20O3. The number of hydrogen-bond acceptors (Lipinski definition) is 3. The molecule has 3 heteroatoms. The molecule has 3 nitrogen and oxygen atoms in total. The smallest absolute Gasteiger partial charge is 0.127 e. The first-order valence-electron chi connectivity index (χ1n) is 6.41. The summed E-state index contributed by atoms with van der Waals surface area (Å²) < 4.78 is 5.70. The topological polar surface area (TPSA) is 49.7 Å². The number of aromatic hydroxyl groups is 1. The quantitative estimate of drug-likeness (QED) is 0.805. The lowest BCUT2D eigenvalue weighted by Gasteiger charge is -2.11. The Balaban J connectivity index is 2.25. The van der Waals surface area contributed by atoms with Crippen LogP contribution in [0.2, 0.25) is 0 Å². The van der Waals surface area contributed by atoms with Gasteiger partial charge in [0.15, 0.2) is 0 Å². The van der Waals surface area contributed by atoms with E-state index in [1.165, 1.54) is 0 Å². The number of rotatable bonds is 4. The number of ether oxygens (including phenoxy) is 1. The van der Waals surface area contributed by atoms with Gasteiger partial charge in [0, 0.05) is 5.56 Å². The van der Waals surface area contributed by atoms with Crippen LogP contribution < -0.4 is 4.74 Å². The van der Waals surface area contributed by atoms with E-state index in [0.29, 0.717) is 0 Å². The van der Waals surface area contributed by atoms with Crippen molar-refractivity contribution >= 4 is 0 Å². The van der Waals surface area contributed by atoms with E-state index < -0.39 is 0 Å². The Labute approximate surface area is 108 Å². The number of allylic oxidation sites excluding steroid dienone is 2. The highest BCUT2D eigenvalue weighted by molar-refractivity contribution is 5.52. The zero-order valence-corrected chi connectivity index (χ0v) is 10.9. The predicted molar refractivity (Wildman–Crippen MR) is 71.2 cm³/mol. The zero-order chi connectivity index (χ0) is 13.1. The maximum Gasteiger partial charge on any atom is 0.127 e. The Morgan fingerprint density at radius 1 is 1.39 bits per heavy atom. The number of aryl methyl sites for hydroxylation is 1. The minimum atomic E-state index is -0.121. The van der Waals surface area contributed by atoms with E-state index in [0.717, 1.165) is 29.7 Å². The largest absolute Gasteiger partial charge is 0.508 e. The molecule has 2 rings (SSSR count). The molecule has 2 atom stereocenters. The molecule has 0 fully saturated rings. The standard InChI is InChI=1S/C15H20O3/c1-3-4-5-6-11-7-13(17)15-12(9-16)10(2)18-14(15)8-11/h3-4,7-8,10,12,16-17H,5-6,9H2,1-2H3/b4-3+. The second kappa shape index (κ2) is 5.44. The maximum absolute atomic E-state index is 10.1. The summed E-state index contributed by atoms with van der Waals surface area (Å²) in [6.45, 7) is 3.91. The van der Waals surface area contributed by atoms with Gasteiger partial charge in [0.05, 0.1) is 12.5 Å². The van der Waals surface area contributed by atoms with Crippen LogP contribution in [0.1, 0.15) is 37.3 Å². The SMILES string of the molecule is C/C=C/CCc1cc(O)c2c(c1)OC(C)C2CO. The summed E-state index contributed by atoms with van der Waals surface area (Å²) in [6, 6.07) is 3.76. The molecule has 1 aliphatic heterocycles. The van der Waals surface area contributed by atoms with Gasteiger partial charge in [0.25, 0.3) is 0 Å². The highest BCUT2D eigenvalue weighted by Gasteiger charge is 2.33. The summed E-state index contributed by atoms with van der Waals surface area (Å²) >= 11 is 0. The summed E-state index contributed by atoms with van der Waals surface area (Å²) in [5.74, 6) is 0.841. The summed E-state index contributed by atoms with van der Waals surface area (Å²) in [5.41, 5.74) is 1.81. The van der Waals surface area contributed by atoms with Crippen LogP contribution in [0, 0.1) is 0 Å². The lowest BCUT2D eigenvalue weighted by atomic mass is 9.94. The van der Waals surface area contributed by atoms with Crippen molar-refractivity contribution in [2.75, 3.05) is 6.61 Å². The first-order chi connectivity index (χ1) is 8.67. The van der Waals surface area contributed by atoms with Gasteiger partial charge in [-0.15, -0.1) is 0 Å². The van der Waals surface area contributed by atoms with Gasteiger partial charge in [0.1, 0.15) is 17.6 Å². The lowest BCUT2D eigenvalue weighted by molar-refractivity contribution is 0.172. The molecular weight excluding hydrogens is 228 g/mol. The van der Waals surface area contributed by atoms with Gasteiger partial charge in [-0.25, -0.2) is 0 Å². The van der Waals surface area contributed by atoms with Gasteiger partial charge < -0.3 is 14.9 Å². The van der Waals surface area contributed by atoms with Gasteiger partial charge in [-0.05, 0) is 44.4 Å². The molecule has 1 aromatic carbocycles. The molecule has 0 saturated heterocycles. The summed E-state index contributed by atoms with van der Waals surface area (Å²) in [4.78, 5) is 0. The molecule has 2 N–H and O–H groups in total. The van der Waals surface area contributed by atoms with Gasteiger partial charge in [-0.3, -0.25) is 0 Å². The van der Waals surface area contributed by atoms with Crippen LogP contribution in [0.3, 0.4) is 0 Å². The lowest BCUT2D eigenvalue weighted by Crippen LogP contribution is -2.17. The normalized spacial score (nSPS) is 22.2. The Bertz CT molecular complexity index is 451. The first-order valence-corrected chi connectivity index (χ1v) is 6.41. The highest BCUT2D eigenvalue weighted by atomic mass is 16.5. The van der Waals surface area contributed by atoms with Crippen LogP contribution in [0.4, 0.5) is 0 Å². The third kappa shape index (κ3) is 2.36. The average molecular weight is 248 g/mol. The van der Waals surface area contributed by atoms with Crippen LogP contribution in [-0.4, -0.2) is 22.9 Å². The molecule has 0 radical (unpaired) electrons. The van der Waals surface area contributed by atoms with Crippen molar-refractivity contribution in [3.8, 4) is 11.5 Å². The van der Waals surface area contributed by atoms with Crippen LogP contribution in [-0.2, 0) is 6.42 Å². The number of phenolic OH excluding ortho intramolecular Hbond substituents is 1. The van der Waals surface area contributed by atoms with E-state index in [-0.39, 0.29) is 24.4 Å². The molecule has 98 valence electrons. The van der Waals surface area contributed by atoms with Gasteiger partial charge in [-0.2, -0.15) is 0 Å². The molecule has 0 aromatic heterocycles. The fraction of sp³-hybridized carbons (Fsp3) is 0.467. The molecule has 1 heterocycles. The predicted octanol–water partition coefficient (Wildman–Crippen LogP) is 2.76. The van der Waals surface area contributed by atoms with Crippen molar-refractivity contribution in [2.24, 2.45) is 0 Å². The van der Waals surface area contributed by atoms with E-state index in [9.17, 15) is 10.2 Å². The Morgan fingerprint density at radius 2 is 2.17 bits per heavy atom. The van der Waals surface area contributed by atoms with E-state index in [4.69, 9.17) is 4.74 Å².